The molecule has 5 nitrogen and oxygen atoms in total. The number of hydrogen-bond acceptors (Lipinski definition) is 4. The van der Waals surface area contributed by atoms with Gasteiger partial charge < -0.3 is 10.5 Å². The van der Waals surface area contributed by atoms with E-state index in [1.54, 1.807) is 32.0 Å². The molecule has 0 aliphatic heterocycles. The van der Waals surface area contributed by atoms with Gasteiger partial charge in [0, 0.05) is 22.9 Å². The van der Waals surface area contributed by atoms with E-state index in [-0.39, 0.29) is 11.4 Å². The second-order valence-corrected chi connectivity index (χ2v) is 7.38. The number of sulfonamides is 1. The van der Waals surface area contributed by atoms with Crippen molar-refractivity contribution in [1.29, 1.82) is 0 Å². The minimum atomic E-state index is -3.67. The van der Waals surface area contributed by atoms with Crippen molar-refractivity contribution in [2.45, 2.75) is 31.2 Å². The van der Waals surface area contributed by atoms with Crippen LogP contribution in [0.4, 0.5) is 0 Å². The molecule has 0 fully saturated rings. The smallest absolute Gasteiger partial charge is 0.241 e. The predicted octanol–water partition coefficient (Wildman–Crippen LogP) is 2.25. The summed E-state index contributed by atoms with van der Waals surface area (Å²) in [5.41, 5.74) is 4.91. The van der Waals surface area contributed by atoms with Gasteiger partial charge in [-0.3, -0.25) is 0 Å². The fourth-order valence-electron chi connectivity index (χ4n) is 2.22. The summed E-state index contributed by atoms with van der Waals surface area (Å²) in [5.74, 6) is 0.676. The summed E-state index contributed by atoms with van der Waals surface area (Å²) in [6, 6.07) is 10.6. The highest BCUT2D eigenvalue weighted by Crippen LogP contribution is 2.31. The lowest BCUT2D eigenvalue weighted by Gasteiger charge is -2.24. The predicted molar refractivity (Wildman–Crippen MR) is 88.6 cm³/mol. The van der Waals surface area contributed by atoms with E-state index in [1.807, 2.05) is 25.1 Å². The zero-order valence-electron chi connectivity index (χ0n) is 13.1. The van der Waals surface area contributed by atoms with Crippen LogP contribution in [0.15, 0.2) is 41.3 Å². The third-order valence-electron chi connectivity index (χ3n) is 3.35. The minimum absolute atomic E-state index is 0.210. The summed E-state index contributed by atoms with van der Waals surface area (Å²) >= 11 is 0. The molecule has 0 aliphatic carbocycles. The number of rotatable bonds is 6. The maximum Gasteiger partial charge on any atom is 0.241 e. The molecule has 0 saturated heterocycles. The van der Waals surface area contributed by atoms with Gasteiger partial charge in [-0.2, -0.15) is 0 Å². The number of ether oxygens (including phenoxy) is 1. The molecule has 2 rings (SSSR count). The molecule has 0 radical (unpaired) electrons. The molecule has 0 aliphatic rings. The zero-order chi connectivity index (χ0) is 16.4. The molecule has 0 bridgehead atoms. The van der Waals surface area contributed by atoms with E-state index in [9.17, 15) is 8.42 Å². The van der Waals surface area contributed by atoms with Gasteiger partial charge in [-0.05, 0) is 32.9 Å². The molecule has 2 aromatic carbocycles. The summed E-state index contributed by atoms with van der Waals surface area (Å²) in [6.45, 7) is 6.13. The minimum Gasteiger partial charge on any atom is -0.493 e. The molecule has 22 heavy (non-hydrogen) atoms. The molecule has 3 N–H and O–H groups in total. The van der Waals surface area contributed by atoms with Crippen molar-refractivity contribution in [1.82, 2.24) is 4.72 Å². The number of fused-ring (bicyclic) bond motifs is 1. The van der Waals surface area contributed by atoms with Crippen molar-refractivity contribution < 1.29 is 13.2 Å². The number of hydrogen-bond donors (Lipinski definition) is 2. The average Bonchev–Trinajstić information content (AvgIpc) is 2.46. The number of benzene rings is 2. The molecule has 0 unspecified atom stereocenters. The van der Waals surface area contributed by atoms with Gasteiger partial charge in [0.2, 0.25) is 10.0 Å². The normalized spacial score (nSPS) is 12.5. The monoisotopic (exact) mass is 322 g/mol. The van der Waals surface area contributed by atoms with E-state index in [4.69, 9.17) is 10.5 Å². The van der Waals surface area contributed by atoms with Crippen LogP contribution in [0.2, 0.25) is 0 Å². The van der Waals surface area contributed by atoms with Crippen molar-refractivity contribution in [2.24, 2.45) is 5.73 Å². The zero-order valence-corrected chi connectivity index (χ0v) is 13.9. The van der Waals surface area contributed by atoms with Crippen LogP contribution in [-0.4, -0.2) is 27.1 Å². The molecule has 0 heterocycles. The third-order valence-corrected chi connectivity index (χ3v) is 5.11. The number of nitrogens with one attached hydrogen (secondary N) is 1. The van der Waals surface area contributed by atoms with Crippen LogP contribution in [0.25, 0.3) is 10.8 Å². The second-order valence-electron chi connectivity index (χ2n) is 5.73. The molecule has 6 heteroatoms. The van der Waals surface area contributed by atoms with Gasteiger partial charge in [0.05, 0.1) is 11.5 Å². The lowest BCUT2D eigenvalue weighted by atomic mass is 10.1. The SMILES string of the molecule is CCOc1ccc(S(=O)(=O)NC(C)(C)CN)c2ccccc12. The average molecular weight is 322 g/mol. The van der Waals surface area contributed by atoms with Crippen LogP contribution in [0.5, 0.6) is 5.75 Å². The maximum atomic E-state index is 12.7. The lowest BCUT2D eigenvalue weighted by molar-refractivity contribution is 0.344. The van der Waals surface area contributed by atoms with Crippen LogP contribution in [0.3, 0.4) is 0 Å². The Labute approximate surface area is 131 Å². The van der Waals surface area contributed by atoms with Crippen molar-refractivity contribution in [3.8, 4) is 5.75 Å². The van der Waals surface area contributed by atoms with Gasteiger partial charge in [-0.25, -0.2) is 13.1 Å². The van der Waals surface area contributed by atoms with Crippen LogP contribution >= 0.6 is 0 Å². The fraction of sp³-hybridized carbons (Fsp3) is 0.375. The fourth-order valence-corrected chi connectivity index (χ4v) is 3.86. The lowest BCUT2D eigenvalue weighted by Crippen LogP contribution is -2.48. The summed E-state index contributed by atoms with van der Waals surface area (Å²) in [4.78, 5) is 0.230. The van der Waals surface area contributed by atoms with E-state index >= 15 is 0 Å². The van der Waals surface area contributed by atoms with E-state index in [0.29, 0.717) is 17.7 Å². The Morgan fingerprint density at radius 1 is 1.14 bits per heavy atom. The number of nitrogens with two attached hydrogens (primary N) is 1. The Morgan fingerprint density at radius 2 is 1.77 bits per heavy atom. The van der Waals surface area contributed by atoms with Gasteiger partial charge in [-0.1, -0.05) is 24.3 Å². The second kappa shape index (κ2) is 6.24. The molecule has 0 aromatic heterocycles. The Morgan fingerprint density at radius 3 is 2.36 bits per heavy atom. The Kier molecular flexibility index (Phi) is 4.75. The molecule has 0 spiro atoms. The Hall–Kier alpha value is -1.63. The molecule has 0 atom stereocenters. The summed E-state index contributed by atoms with van der Waals surface area (Å²) in [6.07, 6.45) is 0. The van der Waals surface area contributed by atoms with E-state index in [1.165, 1.54) is 0 Å². The first kappa shape index (κ1) is 16.7. The van der Waals surface area contributed by atoms with Crippen LogP contribution in [0.1, 0.15) is 20.8 Å². The molecule has 0 amide bonds. The van der Waals surface area contributed by atoms with E-state index < -0.39 is 15.6 Å². The van der Waals surface area contributed by atoms with Gasteiger partial charge in [0.25, 0.3) is 0 Å². The Bertz CT molecular complexity index is 770. The first-order valence-corrected chi connectivity index (χ1v) is 8.67. The molecular formula is C16H22N2O3S. The quantitative estimate of drug-likeness (QED) is 0.854. The van der Waals surface area contributed by atoms with Crippen molar-refractivity contribution in [3.05, 3.63) is 36.4 Å². The topological polar surface area (TPSA) is 81.4 Å². The van der Waals surface area contributed by atoms with Gasteiger partial charge in [0.1, 0.15) is 5.75 Å². The van der Waals surface area contributed by atoms with Gasteiger partial charge in [0.15, 0.2) is 0 Å². The first-order valence-electron chi connectivity index (χ1n) is 7.19. The van der Waals surface area contributed by atoms with Crippen LogP contribution < -0.4 is 15.2 Å². The molecule has 0 saturated carbocycles. The van der Waals surface area contributed by atoms with E-state index in [0.717, 1.165) is 5.39 Å². The maximum absolute atomic E-state index is 12.7. The largest absolute Gasteiger partial charge is 0.493 e. The van der Waals surface area contributed by atoms with Crippen LogP contribution in [0, 0.1) is 0 Å². The van der Waals surface area contributed by atoms with Gasteiger partial charge >= 0.3 is 0 Å². The van der Waals surface area contributed by atoms with Crippen molar-refractivity contribution in [2.75, 3.05) is 13.2 Å². The van der Waals surface area contributed by atoms with Crippen LogP contribution in [-0.2, 0) is 10.0 Å². The van der Waals surface area contributed by atoms with Gasteiger partial charge in [-0.15, -0.1) is 0 Å². The van der Waals surface area contributed by atoms with Crippen molar-refractivity contribution >= 4 is 20.8 Å². The molecule has 120 valence electrons. The highest BCUT2D eigenvalue weighted by Gasteiger charge is 2.26. The first-order chi connectivity index (χ1) is 10.3. The van der Waals surface area contributed by atoms with E-state index in [2.05, 4.69) is 4.72 Å². The molecule has 2 aromatic rings. The highest BCUT2D eigenvalue weighted by atomic mass is 32.2. The summed E-state index contributed by atoms with van der Waals surface area (Å²) in [7, 11) is -3.67. The highest BCUT2D eigenvalue weighted by molar-refractivity contribution is 7.89. The Balaban J connectivity index is 2.60. The standard InChI is InChI=1S/C16H22N2O3S/c1-4-21-14-9-10-15(13-8-6-5-7-12(13)14)22(19,20)18-16(2,3)11-17/h5-10,18H,4,11,17H2,1-3H3. The summed E-state index contributed by atoms with van der Waals surface area (Å²) < 4.78 is 33.6. The third kappa shape index (κ3) is 3.40. The van der Waals surface area contributed by atoms with Crippen molar-refractivity contribution in [3.63, 3.8) is 0 Å². The molecular weight excluding hydrogens is 300 g/mol. The summed E-state index contributed by atoms with van der Waals surface area (Å²) in [5, 5.41) is 1.41.